The van der Waals surface area contributed by atoms with Crippen LogP contribution in [-0.4, -0.2) is 40.0 Å². The summed E-state index contributed by atoms with van der Waals surface area (Å²) < 4.78 is 2.07. The Bertz CT molecular complexity index is 1160. The Morgan fingerprint density at radius 2 is 1.88 bits per heavy atom. The number of carbonyl (C=O) groups excluding carboxylic acids is 2. The lowest BCUT2D eigenvalue weighted by Gasteiger charge is -2.30. The molecule has 1 aliphatic heterocycles. The number of anilines is 2. The lowest BCUT2D eigenvalue weighted by Crippen LogP contribution is -2.30. The molecule has 0 radical (unpaired) electrons. The summed E-state index contributed by atoms with van der Waals surface area (Å²) in [6.07, 6.45) is 10.5. The Kier molecular flexibility index (Phi) is 6.11. The molecule has 33 heavy (non-hydrogen) atoms. The zero-order valence-corrected chi connectivity index (χ0v) is 19.2. The highest BCUT2D eigenvalue weighted by Gasteiger charge is 2.24. The Balaban J connectivity index is 1.47. The maximum absolute atomic E-state index is 13.0. The van der Waals surface area contributed by atoms with Crippen molar-refractivity contribution in [2.24, 2.45) is 5.92 Å². The summed E-state index contributed by atoms with van der Waals surface area (Å²) in [6, 6.07) is 9.98. The van der Waals surface area contributed by atoms with Crippen LogP contribution in [0.5, 0.6) is 0 Å². The average Bonchev–Trinajstić information content (AvgIpc) is 3.27. The first-order chi connectivity index (χ1) is 16.1. The van der Waals surface area contributed by atoms with Gasteiger partial charge in [-0.1, -0.05) is 6.07 Å². The van der Waals surface area contributed by atoms with Gasteiger partial charge in [-0.25, -0.2) is 4.98 Å². The fourth-order valence-electron chi connectivity index (χ4n) is 5.12. The molecule has 2 fully saturated rings. The van der Waals surface area contributed by atoms with Gasteiger partial charge >= 0.3 is 0 Å². The van der Waals surface area contributed by atoms with E-state index in [1.807, 2.05) is 25.1 Å². The van der Waals surface area contributed by atoms with Gasteiger partial charge in [-0.2, -0.15) is 5.10 Å². The number of carbonyl (C=O) groups is 2. The SMILES string of the molecule is Cc1cccc(C(=O)Nc2cc3cn([C@H]4CC[C@H](C=O)CC4)nc3cc2N2CCCCC2)n1. The maximum Gasteiger partial charge on any atom is 0.274 e. The van der Waals surface area contributed by atoms with Gasteiger partial charge in [0.05, 0.1) is 22.9 Å². The van der Waals surface area contributed by atoms with Crippen LogP contribution in [-0.2, 0) is 4.79 Å². The van der Waals surface area contributed by atoms with Crippen LogP contribution in [0.4, 0.5) is 11.4 Å². The lowest BCUT2D eigenvalue weighted by atomic mass is 9.87. The molecule has 0 atom stereocenters. The summed E-state index contributed by atoms with van der Waals surface area (Å²) in [4.78, 5) is 30.9. The van der Waals surface area contributed by atoms with Crippen LogP contribution in [0.15, 0.2) is 36.5 Å². The van der Waals surface area contributed by atoms with Crippen molar-refractivity contribution in [3.63, 3.8) is 0 Å². The highest BCUT2D eigenvalue weighted by molar-refractivity contribution is 6.06. The number of aryl methyl sites for hydroxylation is 1. The summed E-state index contributed by atoms with van der Waals surface area (Å²) in [6.45, 7) is 3.85. The van der Waals surface area contributed by atoms with Crippen molar-refractivity contribution in [2.45, 2.75) is 57.9 Å². The van der Waals surface area contributed by atoms with Crippen LogP contribution in [0, 0.1) is 12.8 Å². The second kappa shape index (κ2) is 9.33. The van der Waals surface area contributed by atoms with E-state index in [2.05, 4.69) is 32.1 Å². The van der Waals surface area contributed by atoms with Crippen LogP contribution in [0.1, 0.15) is 67.2 Å². The predicted molar refractivity (Wildman–Crippen MR) is 130 cm³/mol. The van der Waals surface area contributed by atoms with Crippen LogP contribution in [0.3, 0.4) is 0 Å². The minimum atomic E-state index is -0.198. The molecule has 7 heteroatoms. The topological polar surface area (TPSA) is 80.1 Å². The number of hydrogen-bond acceptors (Lipinski definition) is 5. The molecular formula is C26H31N5O2. The predicted octanol–water partition coefficient (Wildman–Crippen LogP) is 4.91. The Hall–Kier alpha value is -3.22. The second-order valence-electron chi connectivity index (χ2n) is 9.41. The number of fused-ring (bicyclic) bond motifs is 1. The van der Waals surface area contributed by atoms with Gasteiger partial charge < -0.3 is 15.0 Å². The molecule has 0 unspecified atom stereocenters. The van der Waals surface area contributed by atoms with E-state index in [4.69, 9.17) is 5.10 Å². The third kappa shape index (κ3) is 4.63. The second-order valence-corrected chi connectivity index (χ2v) is 9.41. The number of nitrogens with one attached hydrogen (secondary N) is 1. The number of nitrogens with zero attached hydrogens (tertiary/aromatic N) is 4. The number of benzene rings is 1. The van der Waals surface area contributed by atoms with E-state index in [1.165, 1.54) is 6.42 Å². The number of rotatable bonds is 5. The Morgan fingerprint density at radius 3 is 2.61 bits per heavy atom. The van der Waals surface area contributed by atoms with Crippen molar-refractivity contribution in [1.82, 2.24) is 14.8 Å². The molecule has 1 saturated carbocycles. The van der Waals surface area contributed by atoms with Crippen LogP contribution >= 0.6 is 0 Å². The van der Waals surface area contributed by atoms with Gasteiger partial charge in [0.1, 0.15) is 12.0 Å². The molecule has 2 aliphatic rings. The van der Waals surface area contributed by atoms with E-state index in [9.17, 15) is 9.59 Å². The molecule has 172 valence electrons. The van der Waals surface area contributed by atoms with Gasteiger partial charge in [0.2, 0.25) is 0 Å². The van der Waals surface area contributed by atoms with Crippen LogP contribution in [0.25, 0.3) is 10.9 Å². The van der Waals surface area contributed by atoms with E-state index in [-0.39, 0.29) is 11.8 Å². The lowest BCUT2D eigenvalue weighted by molar-refractivity contribution is -0.112. The summed E-state index contributed by atoms with van der Waals surface area (Å²) in [7, 11) is 0. The van der Waals surface area contributed by atoms with Gasteiger partial charge in [0.25, 0.3) is 5.91 Å². The van der Waals surface area contributed by atoms with Crippen molar-refractivity contribution in [3.8, 4) is 0 Å². The minimum absolute atomic E-state index is 0.189. The van der Waals surface area contributed by atoms with Gasteiger partial charge in [0, 0.05) is 36.3 Å². The maximum atomic E-state index is 13.0. The van der Waals surface area contributed by atoms with E-state index in [1.54, 1.807) is 6.07 Å². The number of piperidine rings is 1. The molecule has 1 saturated heterocycles. The average molecular weight is 446 g/mol. The standard InChI is InChI=1S/C26H31N5O2/c1-18-6-5-7-22(27-18)26(33)28-24-14-20-16-31(21-10-8-19(17-32)9-11-21)29-23(20)15-25(24)30-12-3-2-4-13-30/h5-7,14-17,19,21H,2-4,8-13H2,1H3,(H,28,33)/t19-,21-. The highest BCUT2D eigenvalue weighted by Crippen LogP contribution is 2.36. The van der Waals surface area contributed by atoms with Crippen molar-refractivity contribution >= 4 is 34.5 Å². The van der Waals surface area contributed by atoms with Gasteiger partial charge in [0.15, 0.2) is 0 Å². The summed E-state index contributed by atoms with van der Waals surface area (Å²) in [5, 5.41) is 9.05. The number of amides is 1. The normalized spacial score (nSPS) is 21.2. The molecule has 7 nitrogen and oxygen atoms in total. The fraction of sp³-hybridized carbons (Fsp3) is 0.462. The fourth-order valence-corrected chi connectivity index (χ4v) is 5.12. The monoisotopic (exact) mass is 445 g/mol. The zero-order chi connectivity index (χ0) is 22.8. The number of hydrogen-bond donors (Lipinski definition) is 1. The van der Waals surface area contributed by atoms with Crippen molar-refractivity contribution in [2.75, 3.05) is 23.3 Å². The smallest absolute Gasteiger partial charge is 0.274 e. The summed E-state index contributed by atoms with van der Waals surface area (Å²) in [5.74, 6) is -0.00938. The van der Waals surface area contributed by atoms with Crippen molar-refractivity contribution < 1.29 is 9.59 Å². The molecule has 1 N–H and O–H groups in total. The number of aromatic nitrogens is 3. The minimum Gasteiger partial charge on any atom is -0.370 e. The third-order valence-electron chi connectivity index (χ3n) is 7.01. The van der Waals surface area contributed by atoms with E-state index >= 15 is 0 Å². The van der Waals surface area contributed by atoms with E-state index in [0.717, 1.165) is 85.9 Å². The Morgan fingerprint density at radius 1 is 1.09 bits per heavy atom. The van der Waals surface area contributed by atoms with Crippen LogP contribution in [0.2, 0.25) is 0 Å². The number of aldehydes is 1. The molecule has 1 amide bonds. The molecule has 2 aromatic heterocycles. The number of pyridine rings is 1. The molecule has 3 heterocycles. The first-order valence-electron chi connectivity index (χ1n) is 12.1. The largest absolute Gasteiger partial charge is 0.370 e. The van der Waals surface area contributed by atoms with Crippen molar-refractivity contribution in [1.29, 1.82) is 0 Å². The molecular weight excluding hydrogens is 414 g/mol. The highest BCUT2D eigenvalue weighted by atomic mass is 16.1. The third-order valence-corrected chi connectivity index (χ3v) is 7.01. The van der Waals surface area contributed by atoms with Crippen LogP contribution < -0.4 is 10.2 Å². The molecule has 0 bridgehead atoms. The van der Waals surface area contributed by atoms with E-state index < -0.39 is 0 Å². The summed E-state index contributed by atoms with van der Waals surface area (Å²) in [5.41, 5.74) is 4.02. The Labute approximate surface area is 194 Å². The zero-order valence-electron chi connectivity index (χ0n) is 19.2. The quantitative estimate of drug-likeness (QED) is 0.564. The van der Waals surface area contributed by atoms with Gasteiger partial charge in [-0.05, 0) is 76.1 Å². The molecule has 0 spiro atoms. The van der Waals surface area contributed by atoms with Crippen molar-refractivity contribution in [3.05, 3.63) is 47.9 Å². The molecule has 3 aromatic rings. The molecule has 1 aliphatic carbocycles. The molecule has 1 aromatic carbocycles. The van der Waals surface area contributed by atoms with E-state index in [0.29, 0.717) is 11.7 Å². The van der Waals surface area contributed by atoms with Gasteiger partial charge in [-0.15, -0.1) is 0 Å². The first kappa shape index (κ1) is 21.6. The molecule has 5 rings (SSSR count). The summed E-state index contributed by atoms with van der Waals surface area (Å²) >= 11 is 0. The van der Waals surface area contributed by atoms with Gasteiger partial charge in [-0.3, -0.25) is 9.48 Å². The first-order valence-corrected chi connectivity index (χ1v) is 12.1.